The summed E-state index contributed by atoms with van der Waals surface area (Å²) in [7, 11) is 3.08. The third-order valence-electron chi connectivity index (χ3n) is 6.56. The van der Waals surface area contributed by atoms with Gasteiger partial charge in [-0.3, -0.25) is 9.59 Å². The number of hydrogen-bond acceptors (Lipinski definition) is 5. The average Bonchev–Trinajstić information content (AvgIpc) is 3.44. The van der Waals surface area contributed by atoms with Crippen LogP contribution in [0.25, 0.3) is 5.76 Å². The number of para-hydroxylation sites is 1. The summed E-state index contributed by atoms with van der Waals surface area (Å²) in [5.74, 6) is -0.435. The van der Waals surface area contributed by atoms with E-state index in [4.69, 9.17) is 9.47 Å². The summed E-state index contributed by atoms with van der Waals surface area (Å²) in [6, 6.07) is 12.0. The second-order valence-corrected chi connectivity index (χ2v) is 8.28. The lowest BCUT2D eigenvalue weighted by Gasteiger charge is -2.31. The molecule has 0 spiro atoms. The zero-order valence-electron chi connectivity index (χ0n) is 18.8. The number of benzene rings is 2. The zero-order chi connectivity index (χ0) is 22.8. The molecule has 0 aromatic heterocycles. The molecule has 0 radical (unpaired) electrons. The molecule has 4 rings (SSSR count). The van der Waals surface area contributed by atoms with Crippen LogP contribution >= 0.6 is 0 Å². The molecule has 2 aromatic rings. The van der Waals surface area contributed by atoms with Crippen LogP contribution in [0.15, 0.2) is 48.0 Å². The molecule has 32 heavy (non-hydrogen) atoms. The molecule has 2 aromatic carbocycles. The van der Waals surface area contributed by atoms with E-state index in [-0.39, 0.29) is 17.4 Å². The molecule has 1 atom stereocenters. The minimum atomic E-state index is -0.742. The number of ether oxygens (including phenoxy) is 2. The monoisotopic (exact) mass is 435 g/mol. The lowest BCUT2D eigenvalue weighted by atomic mass is 9.93. The van der Waals surface area contributed by atoms with Crippen molar-refractivity contribution in [1.82, 2.24) is 4.90 Å². The second-order valence-electron chi connectivity index (χ2n) is 8.28. The molecule has 6 heteroatoms. The molecule has 1 saturated carbocycles. The van der Waals surface area contributed by atoms with Crippen LogP contribution in [0.2, 0.25) is 0 Å². The van der Waals surface area contributed by atoms with E-state index in [1.54, 1.807) is 30.2 Å². The van der Waals surface area contributed by atoms with Gasteiger partial charge in [-0.05, 0) is 30.9 Å². The summed E-state index contributed by atoms with van der Waals surface area (Å²) in [4.78, 5) is 28.2. The van der Waals surface area contributed by atoms with Crippen LogP contribution in [0.1, 0.15) is 55.3 Å². The number of methoxy groups -OCH3 is 2. The number of nitrogens with zero attached hydrogens (tertiary/aromatic N) is 1. The van der Waals surface area contributed by atoms with Gasteiger partial charge < -0.3 is 19.5 Å². The molecule has 1 amide bonds. The van der Waals surface area contributed by atoms with Gasteiger partial charge in [-0.2, -0.15) is 0 Å². The van der Waals surface area contributed by atoms with Gasteiger partial charge in [-0.1, -0.05) is 56.2 Å². The van der Waals surface area contributed by atoms with E-state index in [0.29, 0.717) is 22.6 Å². The Labute approximate surface area is 188 Å². The van der Waals surface area contributed by atoms with Gasteiger partial charge in [0.25, 0.3) is 11.7 Å². The number of aliphatic hydroxyl groups excluding tert-OH is 1. The van der Waals surface area contributed by atoms with Crippen molar-refractivity contribution in [2.75, 3.05) is 14.2 Å². The largest absolute Gasteiger partial charge is 0.507 e. The van der Waals surface area contributed by atoms with Crippen molar-refractivity contribution in [3.05, 3.63) is 64.7 Å². The Morgan fingerprint density at radius 2 is 1.72 bits per heavy atom. The predicted molar refractivity (Wildman–Crippen MR) is 122 cm³/mol. The summed E-state index contributed by atoms with van der Waals surface area (Å²) < 4.78 is 11.1. The number of rotatable bonds is 6. The number of carbonyl (C=O) groups is 2. The molecule has 1 unspecified atom stereocenters. The second kappa shape index (κ2) is 9.07. The molecule has 168 valence electrons. The van der Waals surface area contributed by atoms with Crippen LogP contribution in [-0.2, 0) is 16.0 Å². The highest BCUT2D eigenvalue weighted by atomic mass is 16.5. The van der Waals surface area contributed by atoms with Crippen molar-refractivity contribution in [3.8, 4) is 11.5 Å². The van der Waals surface area contributed by atoms with E-state index in [0.717, 1.165) is 37.7 Å². The van der Waals surface area contributed by atoms with Crippen LogP contribution in [0.4, 0.5) is 0 Å². The third-order valence-corrected chi connectivity index (χ3v) is 6.56. The molecular formula is C26H29NO5. The van der Waals surface area contributed by atoms with Crippen LogP contribution in [-0.4, -0.2) is 42.0 Å². The van der Waals surface area contributed by atoms with Gasteiger partial charge in [0.05, 0.1) is 25.8 Å². The molecule has 1 aliphatic heterocycles. The molecule has 2 aliphatic rings. The number of aliphatic hydroxyl groups is 1. The summed E-state index contributed by atoms with van der Waals surface area (Å²) >= 11 is 0. The SMILES string of the molecule is CCc1ccc(/C(O)=C2/C(=O)C(=O)N(C3CCCC3)C2c2cccc(OC)c2OC)cc1. The highest BCUT2D eigenvalue weighted by Gasteiger charge is 2.50. The Morgan fingerprint density at radius 3 is 2.31 bits per heavy atom. The fraction of sp³-hybridized carbons (Fsp3) is 0.385. The van der Waals surface area contributed by atoms with Crippen LogP contribution < -0.4 is 9.47 Å². The molecule has 1 heterocycles. The Bertz CT molecular complexity index is 1050. The Morgan fingerprint density at radius 1 is 1.03 bits per heavy atom. The minimum Gasteiger partial charge on any atom is -0.507 e. The molecular weight excluding hydrogens is 406 g/mol. The quantitative estimate of drug-likeness (QED) is 0.407. The lowest BCUT2D eigenvalue weighted by molar-refractivity contribution is -0.141. The van der Waals surface area contributed by atoms with Crippen LogP contribution in [0, 0.1) is 0 Å². The highest BCUT2D eigenvalue weighted by molar-refractivity contribution is 6.46. The average molecular weight is 436 g/mol. The molecule has 0 bridgehead atoms. The van der Waals surface area contributed by atoms with E-state index in [1.165, 1.54) is 7.11 Å². The van der Waals surface area contributed by atoms with Gasteiger partial charge >= 0.3 is 0 Å². The number of Topliss-reactive ketones (excluding diaryl/α,β-unsaturated/α-hetero) is 1. The van der Waals surface area contributed by atoms with Gasteiger partial charge in [-0.15, -0.1) is 0 Å². The van der Waals surface area contributed by atoms with Crippen molar-refractivity contribution < 1.29 is 24.2 Å². The Balaban J connectivity index is 1.93. The zero-order valence-corrected chi connectivity index (χ0v) is 18.8. The smallest absolute Gasteiger partial charge is 0.295 e. The number of ketones is 1. The van der Waals surface area contributed by atoms with Crippen molar-refractivity contribution in [3.63, 3.8) is 0 Å². The van der Waals surface area contributed by atoms with E-state index in [1.807, 2.05) is 24.3 Å². The number of hydrogen-bond donors (Lipinski definition) is 1. The van der Waals surface area contributed by atoms with E-state index < -0.39 is 17.7 Å². The Kier molecular flexibility index (Phi) is 6.21. The first-order chi connectivity index (χ1) is 15.5. The molecule has 1 aliphatic carbocycles. The molecule has 2 fully saturated rings. The number of amides is 1. The molecule has 1 N–H and O–H groups in total. The molecule has 1 saturated heterocycles. The van der Waals surface area contributed by atoms with Gasteiger partial charge in [0.1, 0.15) is 5.76 Å². The maximum Gasteiger partial charge on any atom is 0.295 e. The molecule has 6 nitrogen and oxygen atoms in total. The minimum absolute atomic E-state index is 0.0554. The number of likely N-dealkylation sites (tertiary alicyclic amines) is 1. The first kappa shape index (κ1) is 21.9. The maximum atomic E-state index is 13.3. The summed E-state index contributed by atoms with van der Waals surface area (Å²) in [6.45, 7) is 2.05. The third kappa shape index (κ3) is 3.64. The summed E-state index contributed by atoms with van der Waals surface area (Å²) in [6.07, 6.45) is 4.55. The van der Waals surface area contributed by atoms with Crippen molar-refractivity contribution in [2.24, 2.45) is 0 Å². The lowest BCUT2D eigenvalue weighted by Crippen LogP contribution is -2.37. The van der Waals surface area contributed by atoms with E-state index in [9.17, 15) is 14.7 Å². The standard InChI is InChI=1S/C26H29NO5/c1-4-16-12-14-17(15-13-16)23(28)21-22(19-10-7-11-20(31-2)25(19)32-3)27(26(30)24(21)29)18-8-5-6-9-18/h7,10-15,18,22,28H,4-6,8-9H2,1-3H3/b23-21-. The summed E-state index contributed by atoms with van der Waals surface area (Å²) in [5.41, 5.74) is 2.36. The van der Waals surface area contributed by atoms with Gasteiger partial charge in [0, 0.05) is 17.2 Å². The summed E-state index contributed by atoms with van der Waals surface area (Å²) in [5, 5.41) is 11.3. The van der Waals surface area contributed by atoms with E-state index >= 15 is 0 Å². The fourth-order valence-corrected chi connectivity index (χ4v) is 4.90. The van der Waals surface area contributed by atoms with E-state index in [2.05, 4.69) is 6.92 Å². The van der Waals surface area contributed by atoms with Crippen LogP contribution in [0.5, 0.6) is 11.5 Å². The van der Waals surface area contributed by atoms with Crippen LogP contribution in [0.3, 0.4) is 0 Å². The first-order valence-electron chi connectivity index (χ1n) is 11.1. The fourth-order valence-electron chi connectivity index (χ4n) is 4.90. The van der Waals surface area contributed by atoms with Crippen molar-refractivity contribution in [2.45, 2.75) is 51.1 Å². The van der Waals surface area contributed by atoms with Crippen molar-refractivity contribution >= 4 is 17.4 Å². The number of carbonyl (C=O) groups excluding carboxylic acids is 2. The first-order valence-corrected chi connectivity index (χ1v) is 11.1. The van der Waals surface area contributed by atoms with Gasteiger partial charge in [-0.25, -0.2) is 0 Å². The van der Waals surface area contributed by atoms with Crippen molar-refractivity contribution in [1.29, 1.82) is 0 Å². The van der Waals surface area contributed by atoms with Gasteiger partial charge in [0.2, 0.25) is 0 Å². The van der Waals surface area contributed by atoms with Gasteiger partial charge in [0.15, 0.2) is 11.5 Å². The highest BCUT2D eigenvalue weighted by Crippen LogP contribution is 2.47. The maximum absolute atomic E-state index is 13.3. The normalized spacial score (nSPS) is 20.7. The number of aryl methyl sites for hydroxylation is 1. The Hall–Kier alpha value is -3.28. The predicted octanol–water partition coefficient (Wildman–Crippen LogP) is 4.63. The topological polar surface area (TPSA) is 76.1 Å².